The van der Waals surface area contributed by atoms with Crippen molar-refractivity contribution in [2.75, 3.05) is 0 Å². The standard InChI is InChI=1S/C11H12FN5/c12-9-3-8(4-14-10-1-2-10)11(15-5-9)17-7-13-6-16-17/h3,5-7,10,14H,1-2,4H2. The molecule has 1 fully saturated rings. The van der Waals surface area contributed by atoms with E-state index in [2.05, 4.69) is 20.4 Å². The van der Waals surface area contributed by atoms with Gasteiger partial charge in [0.25, 0.3) is 0 Å². The molecule has 0 amide bonds. The molecule has 2 aromatic rings. The number of rotatable bonds is 4. The molecule has 0 unspecified atom stereocenters. The zero-order valence-electron chi connectivity index (χ0n) is 9.17. The van der Waals surface area contributed by atoms with Gasteiger partial charge in [-0.3, -0.25) is 0 Å². The summed E-state index contributed by atoms with van der Waals surface area (Å²) in [5.74, 6) is 0.290. The van der Waals surface area contributed by atoms with Crippen LogP contribution in [0, 0.1) is 5.82 Å². The van der Waals surface area contributed by atoms with Crippen molar-refractivity contribution in [2.24, 2.45) is 0 Å². The summed E-state index contributed by atoms with van der Waals surface area (Å²) in [7, 11) is 0. The van der Waals surface area contributed by atoms with Crippen molar-refractivity contribution in [3.63, 3.8) is 0 Å². The second-order valence-electron chi connectivity index (χ2n) is 4.13. The molecule has 6 heteroatoms. The van der Waals surface area contributed by atoms with E-state index in [0.29, 0.717) is 18.4 Å². The lowest BCUT2D eigenvalue weighted by Gasteiger charge is -2.08. The highest BCUT2D eigenvalue weighted by atomic mass is 19.1. The molecule has 0 bridgehead atoms. The van der Waals surface area contributed by atoms with Gasteiger partial charge in [0.2, 0.25) is 0 Å². The summed E-state index contributed by atoms with van der Waals surface area (Å²) >= 11 is 0. The van der Waals surface area contributed by atoms with Gasteiger partial charge in [0.05, 0.1) is 6.20 Å². The van der Waals surface area contributed by atoms with E-state index in [1.807, 2.05) is 0 Å². The minimum Gasteiger partial charge on any atom is -0.310 e. The Morgan fingerprint density at radius 1 is 1.47 bits per heavy atom. The van der Waals surface area contributed by atoms with Gasteiger partial charge in [0.1, 0.15) is 18.5 Å². The summed E-state index contributed by atoms with van der Waals surface area (Å²) in [6.07, 6.45) is 6.57. The van der Waals surface area contributed by atoms with E-state index in [-0.39, 0.29) is 5.82 Å². The van der Waals surface area contributed by atoms with Gasteiger partial charge in [0, 0.05) is 18.2 Å². The quantitative estimate of drug-likeness (QED) is 0.857. The van der Waals surface area contributed by atoms with E-state index in [4.69, 9.17) is 0 Å². The number of hydrogen-bond donors (Lipinski definition) is 1. The lowest BCUT2D eigenvalue weighted by Crippen LogP contribution is -2.18. The fraction of sp³-hybridized carbons (Fsp3) is 0.364. The van der Waals surface area contributed by atoms with Crippen LogP contribution in [-0.4, -0.2) is 25.8 Å². The number of halogens is 1. The number of aromatic nitrogens is 4. The Labute approximate surface area is 97.7 Å². The molecule has 0 aliphatic heterocycles. The summed E-state index contributed by atoms with van der Waals surface area (Å²) in [5.41, 5.74) is 0.794. The Morgan fingerprint density at radius 3 is 3.06 bits per heavy atom. The number of nitrogens with zero attached hydrogens (tertiary/aromatic N) is 4. The Morgan fingerprint density at radius 2 is 2.35 bits per heavy atom. The number of pyridine rings is 1. The molecule has 3 rings (SSSR count). The van der Waals surface area contributed by atoms with Gasteiger partial charge in [-0.2, -0.15) is 5.10 Å². The third kappa shape index (κ3) is 2.31. The van der Waals surface area contributed by atoms with Gasteiger partial charge in [-0.25, -0.2) is 19.0 Å². The Hall–Kier alpha value is -1.82. The monoisotopic (exact) mass is 233 g/mol. The summed E-state index contributed by atoms with van der Waals surface area (Å²) in [6, 6.07) is 2.06. The molecule has 1 saturated carbocycles. The Kier molecular flexibility index (Phi) is 2.56. The Balaban J connectivity index is 1.89. The lowest BCUT2D eigenvalue weighted by atomic mass is 10.2. The van der Waals surface area contributed by atoms with E-state index >= 15 is 0 Å². The van der Waals surface area contributed by atoms with E-state index in [9.17, 15) is 4.39 Å². The zero-order valence-corrected chi connectivity index (χ0v) is 9.17. The fourth-order valence-corrected chi connectivity index (χ4v) is 1.67. The van der Waals surface area contributed by atoms with Crippen molar-refractivity contribution < 1.29 is 4.39 Å². The predicted molar refractivity (Wildman–Crippen MR) is 59.0 cm³/mol. The summed E-state index contributed by atoms with van der Waals surface area (Å²) in [5, 5.41) is 7.35. The summed E-state index contributed by atoms with van der Waals surface area (Å²) < 4.78 is 14.7. The highest BCUT2D eigenvalue weighted by Crippen LogP contribution is 2.20. The third-order valence-corrected chi connectivity index (χ3v) is 2.70. The second kappa shape index (κ2) is 4.21. The molecule has 0 spiro atoms. The van der Waals surface area contributed by atoms with Crippen LogP contribution in [0.4, 0.5) is 4.39 Å². The van der Waals surface area contributed by atoms with Gasteiger partial charge in [0.15, 0.2) is 5.82 Å². The first kappa shape index (κ1) is 10.3. The van der Waals surface area contributed by atoms with Crippen molar-refractivity contribution in [3.05, 3.63) is 36.3 Å². The predicted octanol–water partition coefficient (Wildman–Crippen LogP) is 1.05. The van der Waals surface area contributed by atoms with Crippen molar-refractivity contribution in [3.8, 4) is 5.82 Å². The maximum Gasteiger partial charge on any atom is 0.159 e. The van der Waals surface area contributed by atoms with Gasteiger partial charge >= 0.3 is 0 Å². The molecular formula is C11H12FN5. The molecule has 1 aliphatic rings. The molecule has 17 heavy (non-hydrogen) atoms. The van der Waals surface area contributed by atoms with Gasteiger partial charge in [-0.1, -0.05) is 0 Å². The van der Waals surface area contributed by atoms with Crippen LogP contribution >= 0.6 is 0 Å². The van der Waals surface area contributed by atoms with Crippen molar-refractivity contribution in [1.29, 1.82) is 0 Å². The molecule has 0 radical (unpaired) electrons. The van der Waals surface area contributed by atoms with Crippen LogP contribution in [0.1, 0.15) is 18.4 Å². The maximum absolute atomic E-state index is 13.2. The van der Waals surface area contributed by atoms with Crippen LogP contribution in [-0.2, 0) is 6.54 Å². The average molecular weight is 233 g/mol. The van der Waals surface area contributed by atoms with E-state index in [1.165, 1.54) is 31.4 Å². The highest BCUT2D eigenvalue weighted by molar-refractivity contribution is 5.32. The van der Waals surface area contributed by atoms with Crippen molar-refractivity contribution >= 4 is 0 Å². The van der Waals surface area contributed by atoms with Crippen LogP contribution in [0.25, 0.3) is 5.82 Å². The van der Waals surface area contributed by atoms with Gasteiger partial charge < -0.3 is 5.32 Å². The molecule has 88 valence electrons. The van der Waals surface area contributed by atoms with E-state index < -0.39 is 0 Å². The molecule has 1 aliphatic carbocycles. The molecule has 0 atom stereocenters. The van der Waals surface area contributed by atoms with Crippen LogP contribution in [0.15, 0.2) is 24.9 Å². The van der Waals surface area contributed by atoms with E-state index in [0.717, 1.165) is 5.56 Å². The van der Waals surface area contributed by atoms with Crippen LogP contribution in [0.2, 0.25) is 0 Å². The summed E-state index contributed by atoms with van der Waals surface area (Å²) in [6.45, 7) is 0.602. The van der Waals surface area contributed by atoms with Crippen molar-refractivity contribution in [1.82, 2.24) is 25.1 Å². The molecule has 2 heterocycles. The third-order valence-electron chi connectivity index (χ3n) is 2.70. The summed E-state index contributed by atoms with van der Waals surface area (Å²) in [4.78, 5) is 7.93. The van der Waals surface area contributed by atoms with Crippen LogP contribution in [0.5, 0.6) is 0 Å². The zero-order chi connectivity index (χ0) is 11.7. The molecule has 2 aromatic heterocycles. The van der Waals surface area contributed by atoms with E-state index in [1.54, 1.807) is 11.0 Å². The normalized spacial score (nSPS) is 15.1. The minimum absolute atomic E-state index is 0.332. The maximum atomic E-state index is 13.2. The first-order valence-corrected chi connectivity index (χ1v) is 5.56. The molecule has 0 saturated heterocycles. The number of hydrogen-bond acceptors (Lipinski definition) is 4. The first-order chi connectivity index (χ1) is 8.33. The minimum atomic E-state index is -0.332. The fourth-order valence-electron chi connectivity index (χ4n) is 1.67. The SMILES string of the molecule is Fc1cnc(-n2cncn2)c(CNC2CC2)c1. The largest absolute Gasteiger partial charge is 0.310 e. The Bertz CT molecular complexity index is 507. The lowest BCUT2D eigenvalue weighted by molar-refractivity contribution is 0.607. The molecule has 0 aromatic carbocycles. The first-order valence-electron chi connectivity index (χ1n) is 5.56. The molecular weight excluding hydrogens is 221 g/mol. The smallest absolute Gasteiger partial charge is 0.159 e. The second-order valence-corrected chi connectivity index (χ2v) is 4.13. The van der Waals surface area contributed by atoms with Crippen LogP contribution < -0.4 is 5.32 Å². The topological polar surface area (TPSA) is 55.6 Å². The highest BCUT2D eigenvalue weighted by Gasteiger charge is 2.21. The van der Waals surface area contributed by atoms with Gasteiger partial charge in [-0.05, 0) is 18.9 Å². The van der Waals surface area contributed by atoms with Crippen LogP contribution in [0.3, 0.4) is 0 Å². The molecule has 1 N–H and O–H groups in total. The molecule has 5 nitrogen and oxygen atoms in total. The van der Waals surface area contributed by atoms with Crippen molar-refractivity contribution in [2.45, 2.75) is 25.4 Å². The average Bonchev–Trinajstić information content (AvgIpc) is 3.00. The number of nitrogens with one attached hydrogen (secondary N) is 1. The van der Waals surface area contributed by atoms with Gasteiger partial charge in [-0.15, -0.1) is 0 Å².